The van der Waals surface area contributed by atoms with Crippen LogP contribution in [0.1, 0.15) is 32.2 Å². The molecule has 3 nitrogen and oxygen atoms in total. The molecule has 0 aromatic carbocycles. The largest absolute Gasteiger partial charge is 0.504 e. The third-order valence-electron chi connectivity index (χ3n) is 2.10. The van der Waals surface area contributed by atoms with Crippen LogP contribution in [0, 0.1) is 12.8 Å². The van der Waals surface area contributed by atoms with Crippen LogP contribution >= 0.6 is 0 Å². The number of aromatic nitrogens is 2. The van der Waals surface area contributed by atoms with Gasteiger partial charge in [0.2, 0.25) is 0 Å². The van der Waals surface area contributed by atoms with E-state index in [1.807, 2.05) is 18.5 Å². The molecular formula is C10H18N2O. The molecule has 0 amide bonds. The van der Waals surface area contributed by atoms with Crippen LogP contribution in [0.2, 0.25) is 0 Å². The minimum atomic E-state index is 0.371. The third kappa shape index (κ3) is 2.02. The van der Waals surface area contributed by atoms with E-state index in [2.05, 4.69) is 18.9 Å². The first-order valence-electron chi connectivity index (χ1n) is 4.81. The van der Waals surface area contributed by atoms with Gasteiger partial charge in [-0.25, -0.2) is 0 Å². The van der Waals surface area contributed by atoms with Crippen molar-refractivity contribution in [3.05, 3.63) is 11.4 Å². The molecule has 0 unspecified atom stereocenters. The zero-order valence-electron chi connectivity index (χ0n) is 8.83. The Labute approximate surface area is 79.4 Å². The normalized spacial score (nSPS) is 11.2. The van der Waals surface area contributed by atoms with Crippen LogP contribution in [0.3, 0.4) is 0 Å². The fourth-order valence-corrected chi connectivity index (χ4v) is 1.47. The highest BCUT2D eigenvalue weighted by molar-refractivity contribution is 5.31. The van der Waals surface area contributed by atoms with Crippen molar-refractivity contribution in [2.24, 2.45) is 5.92 Å². The lowest BCUT2D eigenvalue weighted by atomic mass is 10.1. The Balaban J connectivity index is 3.01. The smallest absolute Gasteiger partial charge is 0.159 e. The summed E-state index contributed by atoms with van der Waals surface area (Å²) in [4.78, 5) is 0. The summed E-state index contributed by atoms with van der Waals surface area (Å²) in [5.41, 5.74) is 1.70. The SMILES string of the molecule is CCn1nc(C)c(O)c1CC(C)C. The van der Waals surface area contributed by atoms with Crippen molar-refractivity contribution >= 4 is 0 Å². The highest BCUT2D eigenvalue weighted by atomic mass is 16.3. The quantitative estimate of drug-likeness (QED) is 0.777. The molecule has 0 saturated heterocycles. The maximum Gasteiger partial charge on any atom is 0.159 e. The molecule has 1 N–H and O–H groups in total. The van der Waals surface area contributed by atoms with Gasteiger partial charge in [-0.2, -0.15) is 5.10 Å². The lowest BCUT2D eigenvalue weighted by molar-refractivity contribution is 0.452. The summed E-state index contributed by atoms with van der Waals surface area (Å²) in [6, 6.07) is 0. The summed E-state index contributed by atoms with van der Waals surface area (Å²) in [6.07, 6.45) is 0.889. The molecule has 1 aromatic rings. The van der Waals surface area contributed by atoms with Gasteiger partial charge in [-0.15, -0.1) is 0 Å². The topological polar surface area (TPSA) is 38.0 Å². The molecule has 1 heterocycles. The predicted molar refractivity (Wildman–Crippen MR) is 52.8 cm³/mol. The van der Waals surface area contributed by atoms with Gasteiger partial charge in [0.25, 0.3) is 0 Å². The number of hydrogen-bond acceptors (Lipinski definition) is 2. The number of hydrogen-bond donors (Lipinski definition) is 1. The van der Waals surface area contributed by atoms with Crippen LogP contribution in [0.5, 0.6) is 5.75 Å². The van der Waals surface area contributed by atoms with E-state index in [-0.39, 0.29) is 0 Å². The molecule has 0 aliphatic rings. The van der Waals surface area contributed by atoms with Gasteiger partial charge in [-0.3, -0.25) is 4.68 Å². The van der Waals surface area contributed by atoms with E-state index in [0.29, 0.717) is 11.7 Å². The van der Waals surface area contributed by atoms with Crippen molar-refractivity contribution < 1.29 is 5.11 Å². The Bertz CT molecular complexity index is 289. The van der Waals surface area contributed by atoms with E-state index in [0.717, 1.165) is 24.4 Å². The summed E-state index contributed by atoms with van der Waals surface area (Å²) < 4.78 is 1.88. The highest BCUT2D eigenvalue weighted by Gasteiger charge is 2.13. The second kappa shape index (κ2) is 3.81. The van der Waals surface area contributed by atoms with Crippen molar-refractivity contribution in [1.29, 1.82) is 0 Å². The fraction of sp³-hybridized carbons (Fsp3) is 0.700. The third-order valence-corrected chi connectivity index (χ3v) is 2.10. The van der Waals surface area contributed by atoms with Gasteiger partial charge in [0.1, 0.15) is 5.69 Å². The van der Waals surface area contributed by atoms with E-state index in [4.69, 9.17) is 0 Å². The molecule has 74 valence electrons. The van der Waals surface area contributed by atoms with Gasteiger partial charge >= 0.3 is 0 Å². The summed E-state index contributed by atoms with van der Waals surface area (Å²) in [5, 5.41) is 14.0. The first-order chi connectivity index (χ1) is 6.06. The summed E-state index contributed by atoms with van der Waals surface area (Å²) in [5.74, 6) is 0.919. The average molecular weight is 182 g/mol. The Morgan fingerprint density at radius 1 is 1.46 bits per heavy atom. The molecule has 1 rings (SSSR count). The first kappa shape index (κ1) is 10.1. The number of rotatable bonds is 3. The van der Waals surface area contributed by atoms with Crippen LogP contribution in [0.4, 0.5) is 0 Å². The lowest BCUT2D eigenvalue weighted by Crippen LogP contribution is -2.05. The van der Waals surface area contributed by atoms with Crippen molar-refractivity contribution in [1.82, 2.24) is 9.78 Å². The molecule has 0 atom stereocenters. The average Bonchev–Trinajstić information content (AvgIpc) is 2.31. The Hall–Kier alpha value is -0.990. The second-order valence-corrected chi connectivity index (χ2v) is 3.79. The van der Waals surface area contributed by atoms with Gasteiger partial charge in [0, 0.05) is 6.54 Å². The Morgan fingerprint density at radius 2 is 2.08 bits per heavy atom. The van der Waals surface area contributed by atoms with E-state index in [1.54, 1.807) is 0 Å². The summed E-state index contributed by atoms with van der Waals surface area (Å²) in [7, 11) is 0. The standard InChI is InChI=1S/C10H18N2O/c1-5-12-9(6-7(2)3)10(13)8(4)11-12/h7,13H,5-6H2,1-4H3. The zero-order chi connectivity index (χ0) is 10.0. The molecule has 13 heavy (non-hydrogen) atoms. The van der Waals surface area contributed by atoms with Crippen LogP contribution in [0.25, 0.3) is 0 Å². The predicted octanol–water partition coefficient (Wildman–Crippen LogP) is 2.12. The van der Waals surface area contributed by atoms with Gasteiger partial charge in [-0.1, -0.05) is 13.8 Å². The van der Waals surface area contributed by atoms with Crippen LogP contribution < -0.4 is 0 Å². The maximum atomic E-state index is 9.72. The molecular weight excluding hydrogens is 164 g/mol. The molecule has 0 radical (unpaired) electrons. The molecule has 0 bridgehead atoms. The van der Waals surface area contributed by atoms with Gasteiger partial charge in [-0.05, 0) is 26.2 Å². The minimum absolute atomic E-state index is 0.371. The fourth-order valence-electron chi connectivity index (χ4n) is 1.47. The van der Waals surface area contributed by atoms with E-state index < -0.39 is 0 Å². The van der Waals surface area contributed by atoms with Crippen molar-refractivity contribution in [3.8, 4) is 5.75 Å². The molecule has 0 saturated carbocycles. The maximum absolute atomic E-state index is 9.72. The molecule has 3 heteroatoms. The summed E-state index contributed by atoms with van der Waals surface area (Å²) in [6.45, 7) is 8.98. The molecule has 0 spiro atoms. The highest BCUT2D eigenvalue weighted by Crippen LogP contribution is 2.23. The monoisotopic (exact) mass is 182 g/mol. The number of aryl methyl sites for hydroxylation is 2. The van der Waals surface area contributed by atoms with Gasteiger partial charge < -0.3 is 5.11 Å². The van der Waals surface area contributed by atoms with E-state index in [1.165, 1.54) is 0 Å². The number of nitrogens with zero attached hydrogens (tertiary/aromatic N) is 2. The van der Waals surface area contributed by atoms with Crippen molar-refractivity contribution in [3.63, 3.8) is 0 Å². The Kier molecular flexibility index (Phi) is 2.96. The summed E-state index contributed by atoms with van der Waals surface area (Å²) >= 11 is 0. The lowest BCUT2D eigenvalue weighted by Gasteiger charge is -2.07. The molecule has 0 aliphatic heterocycles. The second-order valence-electron chi connectivity index (χ2n) is 3.79. The molecule has 1 aromatic heterocycles. The van der Waals surface area contributed by atoms with Gasteiger partial charge in [0.15, 0.2) is 5.75 Å². The number of aromatic hydroxyl groups is 1. The van der Waals surface area contributed by atoms with Crippen molar-refractivity contribution in [2.75, 3.05) is 0 Å². The Morgan fingerprint density at radius 3 is 2.54 bits per heavy atom. The van der Waals surface area contributed by atoms with Crippen LogP contribution in [-0.2, 0) is 13.0 Å². The van der Waals surface area contributed by atoms with Crippen molar-refractivity contribution in [2.45, 2.75) is 40.7 Å². The van der Waals surface area contributed by atoms with E-state index in [9.17, 15) is 5.11 Å². The van der Waals surface area contributed by atoms with E-state index >= 15 is 0 Å². The minimum Gasteiger partial charge on any atom is -0.504 e. The van der Waals surface area contributed by atoms with Crippen LogP contribution in [0.15, 0.2) is 0 Å². The zero-order valence-corrected chi connectivity index (χ0v) is 8.83. The molecule has 0 aliphatic carbocycles. The van der Waals surface area contributed by atoms with Crippen LogP contribution in [-0.4, -0.2) is 14.9 Å². The molecule has 0 fully saturated rings. The first-order valence-corrected chi connectivity index (χ1v) is 4.81. The van der Waals surface area contributed by atoms with Gasteiger partial charge in [0.05, 0.1) is 5.69 Å².